The molecule has 0 atom stereocenters. The van der Waals surface area contributed by atoms with Crippen LogP contribution >= 0.6 is 0 Å². The normalized spacial score (nSPS) is 12.8. The van der Waals surface area contributed by atoms with Crippen LogP contribution in [0.25, 0.3) is 55.3 Å². The van der Waals surface area contributed by atoms with Crippen molar-refractivity contribution in [1.82, 2.24) is 0 Å². The summed E-state index contributed by atoms with van der Waals surface area (Å²) in [6.45, 7) is 4.72. The summed E-state index contributed by atoms with van der Waals surface area (Å²) in [5.41, 5.74) is 16.1. The van der Waals surface area contributed by atoms with Crippen LogP contribution in [-0.2, 0) is 5.41 Å². The third kappa shape index (κ3) is 5.02. The van der Waals surface area contributed by atoms with Gasteiger partial charge in [0.2, 0.25) is 0 Å². The van der Waals surface area contributed by atoms with Crippen LogP contribution in [0, 0.1) is 0 Å². The average molecular weight is 640 g/mol. The Morgan fingerprint density at radius 1 is 0.360 bits per heavy atom. The number of benzene rings is 8. The highest BCUT2D eigenvalue weighted by Crippen LogP contribution is 2.50. The number of hydrogen-bond donors (Lipinski definition) is 0. The van der Waals surface area contributed by atoms with E-state index in [-0.39, 0.29) is 5.41 Å². The molecule has 50 heavy (non-hydrogen) atoms. The van der Waals surface area contributed by atoms with Crippen molar-refractivity contribution < 1.29 is 0 Å². The first-order valence-corrected chi connectivity index (χ1v) is 17.4. The lowest BCUT2D eigenvalue weighted by Gasteiger charge is -2.28. The maximum atomic E-state index is 2.44. The van der Waals surface area contributed by atoms with Gasteiger partial charge in [-0.1, -0.05) is 166 Å². The highest BCUT2D eigenvalue weighted by Gasteiger charge is 2.35. The molecule has 8 aromatic rings. The molecule has 238 valence electrons. The van der Waals surface area contributed by atoms with E-state index in [2.05, 4.69) is 207 Å². The van der Waals surface area contributed by atoms with Gasteiger partial charge in [0.1, 0.15) is 0 Å². The Morgan fingerprint density at radius 2 is 0.920 bits per heavy atom. The molecule has 0 aliphatic heterocycles. The summed E-state index contributed by atoms with van der Waals surface area (Å²) < 4.78 is 0. The monoisotopic (exact) mass is 639 g/mol. The first kappa shape index (κ1) is 29.9. The SMILES string of the molecule is CC1(C)c2ccccc2-c2ccc(-c3cccc4cccc(N(c5ccc(-c6ccccc6)cc5)c5cccc(-c6ccccc6)c5)c34)cc21. The Kier molecular flexibility index (Phi) is 7.21. The van der Waals surface area contributed by atoms with Crippen LogP contribution in [0.1, 0.15) is 25.0 Å². The van der Waals surface area contributed by atoms with E-state index < -0.39 is 0 Å². The minimum Gasteiger partial charge on any atom is -0.310 e. The van der Waals surface area contributed by atoms with Crippen molar-refractivity contribution in [3.8, 4) is 44.5 Å². The lowest BCUT2D eigenvalue weighted by Crippen LogP contribution is -2.15. The molecule has 1 heteroatoms. The molecule has 0 N–H and O–H groups in total. The summed E-state index contributed by atoms with van der Waals surface area (Å²) in [5, 5.41) is 2.45. The third-order valence-corrected chi connectivity index (χ3v) is 10.5. The Balaban J connectivity index is 1.25. The van der Waals surface area contributed by atoms with E-state index in [1.165, 1.54) is 66.4 Å². The average Bonchev–Trinajstić information content (AvgIpc) is 3.41. The second-order valence-electron chi connectivity index (χ2n) is 13.8. The van der Waals surface area contributed by atoms with Crippen molar-refractivity contribution in [2.24, 2.45) is 0 Å². The van der Waals surface area contributed by atoms with E-state index >= 15 is 0 Å². The number of rotatable bonds is 6. The second kappa shape index (κ2) is 12.1. The van der Waals surface area contributed by atoms with Crippen LogP contribution in [0.3, 0.4) is 0 Å². The van der Waals surface area contributed by atoms with Gasteiger partial charge in [0, 0.05) is 22.2 Å². The molecule has 8 aromatic carbocycles. The van der Waals surface area contributed by atoms with Gasteiger partial charge in [0.15, 0.2) is 0 Å². The fourth-order valence-electron chi connectivity index (χ4n) is 7.94. The first-order chi connectivity index (χ1) is 24.6. The summed E-state index contributed by atoms with van der Waals surface area (Å²) in [6, 6.07) is 68.6. The van der Waals surface area contributed by atoms with Crippen LogP contribution in [0.5, 0.6) is 0 Å². The minimum atomic E-state index is -0.0697. The van der Waals surface area contributed by atoms with Gasteiger partial charge < -0.3 is 4.90 Å². The molecular weight excluding hydrogens is 603 g/mol. The molecule has 1 nitrogen and oxygen atoms in total. The number of fused-ring (bicyclic) bond motifs is 4. The molecule has 0 saturated carbocycles. The molecule has 1 aliphatic carbocycles. The number of hydrogen-bond acceptors (Lipinski definition) is 1. The predicted molar refractivity (Wildman–Crippen MR) is 213 cm³/mol. The summed E-state index contributed by atoms with van der Waals surface area (Å²) in [5.74, 6) is 0. The van der Waals surface area contributed by atoms with Crippen molar-refractivity contribution in [1.29, 1.82) is 0 Å². The van der Waals surface area contributed by atoms with Gasteiger partial charge in [-0.3, -0.25) is 0 Å². The highest BCUT2D eigenvalue weighted by atomic mass is 15.1. The topological polar surface area (TPSA) is 3.24 Å². The Labute approximate surface area is 294 Å². The summed E-state index contributed by atoms with van der Waals surface area (Å²) in [6.07, 6.45) is 0. The molecule has 0 unspecified atom stereocenters. The zero-order valence-electron chi connectivity index (χ0n) is 28.3. The summed E-state index contributed by atoms with van der Waals surface area (Å²) >= 11 is 0. The van der Waals surface area contributed by atoms with Gasteiger partial charge in [0.05, 0.1) is 5.69 Å². The molecule has 0 bridgehead atoms. The predicted octanol–water partition coefficient (Wildman–Crippen LogP) is 13.6. The van der Waals surface area contributed by atoms with Crippen molar-refractivity contribution in [3.05, 3.63) is 199 Å². The maximum absolute atomic E-state index is 2.44. The van der Waals surface area contributed by atoms with Crippen molar-refractivity contribution in [2.75, 3.05) is 4.90 Å². The molecule has 0 radical (unpaired) electrons. The van der Waals surface area contributed by atoms with Gasteiger partial charge in [-0.25, -0.2) is 0 Å². The minimum absolute atomic E-state index is 0.0697. The Morgan fingerprint density at radius 3 is 1.68 bits per heavy atom. The van der Waals surface area contributed by atoms with E-state index in [1.54, 1.807) is 0 Å². The van der Waals surface area contributed by atoms with Gasteiger partial charge in [0.25, 0.3) is 0 Å². The van der Waals surface area contributed by atoms with Gasteiger partial charge >= 0.3 is 0 Å². The van der Waals surface area contributed by atoms with E-state index in [9.17, 15) is 0 Å². The van der Waals surface area contributed by atoms with E-state index in [1.807, 2.05) is 0 Å². The van der Waals surface area contributed by atoms with Gasteiger partial charge in [-0.2, -0.15) is 0 Å². The molecule has 0 fully saturated rings. The lowest BCUT2D eigenvalue weighted by atomic mass is 9.81. The second-order valence-corrected chi connectivity index (χ2v) is 13.8. The molecule has 0 saturated heterocycles. The van der Waals surface area contributed by atoms with Crippen LogP contribution in [0.15, 0.2) is 188 Å². The molecule has 0 heterocycles. The van der Waals surface area contributed by atoms with Crippen LogP contribution in [0.2, 0.25) is 0 Å². The zero-order valence-corrected chi connectivity index (χ0v) is 28.3. The molecular formula is C49H37N. The quantitative estimate of drug-likeness (QED) is 0.175. The fourth-order valence-corrected chi connectivity index (χ4v) is 7.94. The molecule has 9 rings (SSSR count). The fraction of sp³-hybridized carbons (Fsp3) is 0.0612. The van der Waals surface area contributed by atoms with Gasteiger partial charge in [-0.15, -0.1) is 0 Å². The van der Waals surface area contributed by atoms with Crippen molar-refractivity contribution in [3.63, 3.8) is 0 Å². The molecule has 0 amide bonds. The standard InChI is InChI=1S/C49H37N/c1-49(2)45-24-10-9-22-43(45)44-31-28-39(33-46(44)49)42-23-12-18-37-19-13-25-47(48(37)42)50(40-29-26-36(27-30-40)34-14-5-3-6-15-34)41-21-11-20-38(32-41)35-16-7-4-8-17-35/h3-33H,1-2H3. The lowest BCUT2D eigenvalue weighted by molar-refractivity contribution is 0.660. The molecule has 1 aliphatic rings. The van der Waals surface area contributed by atoms with Crippen molar-refractivity contribution >= 4 is 27.8 Å². The van der Waals surface area contributed by atoms with Gasteiger partial charge in [-0.05, 0) is 97.4 Å². The largest absolute Gasteiger partial charge is 0.310 e. The number of nitrogens with zero attached hydrogens (tertiary/aromatic N) is 1. The summed E-state index contributed by atoms with van der Waals surface area (Å²) in [7, 11) is 0. The first-order valence-electron chi connectivity index (χ1n) is 17.4. The molecule has 0 spiro atoms. The maximum Gasteiger partial charge on any atom is 0.0546 e. The van der Waals surface area contributed by atoms with Crippen LogP contribution in [-0.4, -0.2) is 0 Å². The smallest absolute Gasteiger partial charge is 0.0546 e. The van der Waals surface area contributed by atoms with Crippen LogP contribution < -0.4 is 4.90 Å². The Hall–Kier alpha value is -6.18. The zero-order chi connectivity index (χ0) is 33.7. The summed E-state index contributed by atoms with van der Waals surface area (Å²) in [4.78, 5) is 2.43. The Bertz CT molecular complexity index is 2490. The van der Waals surface area contributed by atoms with E-state index in [4.69, 9.17) is 0 Å². The molecule has 0 aromatic heterocycles. The number of anilines is 3. The third-order valence-electron chi connectivity index (χ3n) is 10.5. The van der Waals surface area contributed by atoms with E-state index in [0.29, 0.717) is 0 Å². The highest BCUT2D eigenvalue weighted by molar-refractivity contribution is 6.08. The van der Waals surface area contributed by atoms with E-state index in [0.717, 1.165) is 17.1 Å². The van der Waals surface area contributed by atoms with Crippen molar-refractivity contribution in [2.45, 2.75) is 19.3 Å². The van der Waals surface area contributed by atoms with Crippen LogP contribution in [0.4, 0.5) is 17.1 Å².